The van der Waals surface area contributed by atoms with Crippen LogP contribution in [0.4, 0.5) is 11.5 Å². The fourth-order valence-electron chi connectivity index (χ4n) is 1.28. The monoisotopic (exact) mass is 209 g/mol. The smallest absolute Gasteiger partial charge is 0.149 e. The van der Waals surface area contributed by atoms with Crippen LogP contribution in [0.25, 0.3) is 0 Å². The number of aryl methyl sites for hydroxylation is 1. The lowest BCUT2D eigenvalue weighted by Crippen LogP contribution is -2.19. The molecule has 84 valence electrons. The van der Waals surface area contributed by atoms with Crippen molar-refractivity contribution in [2.45, 2.75) is 26.3 Å². The average molecular weight is 209 g/mol. The topological polar surface area (TPSA) is 60.2 Å². The van der Waals surface area contributed by atoms with Crippen molar-refractivity contribution in [3.05, 3.63) is 17.8 Å². The first-order valence-corrected chi connectivity index (χ1v) is 5.12. The Hall–Kier alpha value is -1.29. The van der Waals surface area contributed by atoms with Crippen LogP contribution >= 0.6 is 0 Å². The van der Waals surface area contributed by atoms with Crippen LogP contribution in [0.3, 0.4) is 0 Å². The second-order valence-corrected chi connectivity index (χ2v) is 3.72. The van der Waals surface area contributed by atoms with E-state index in [0.29, 0.717) is 11.7 Å². The van der Waals surface area contributed by atoms with Gasteiger partial charge in [0.2, 0.25) is 0 Å². The predicted molar refractivity (Wildman–Crippen MR) is 63.0 cm³/mol. The summed E-state index contributed by atoms with van der Waals surface area (Å²) in [5.41, 5.74) is 7.46. The maximum Gasteiger partial charge on any atom is 0.149 e. The van der Waals surface area contributed by atoms with E-state index in [4.69, 9.17) is 10.5 Å². The Morgan fingerprint density at radius 3 is 2.93 bits per heavy atom. The van der Waals surface area contributed by atoms with Crippen LogP contribution in [0.15, 0.2) is 12.1 Å². The first-order chi connectivity index (χ1) is 7.13. The molecular weight excluding hydrogens is 190 g/mol. The maximum absolute atomic E-state index is 5.81. The minimum Gasteiger partial charge on any atom is -0.396 e. The SMILES string of the molecule is COCCC(C)Nc1nc(C)ccc1N. The molecule has 15 heavy (non-hydrogen) atoms. The van der Waals surface area contributed by atoms with E-state index in [-0.39, 0.29) is 0 Å². The van der Waals surface area contributed by atoms with Crippen LogP contribution in [-0.4, -0.2) is 24.7 Å². The molecule has 1 aromatic rings. The lowest BCUT2D eigenvalue weighted by molar-refractivity contribution is 0.191. The van der Waals surface area contributed by atoms with Gasteiger partial charge in [-0.2, -0.15) is 0 Å². The second kappa shape index (κ2) is 5.56. The Labute approximate surface area is 90.8 Å². The summed E-state index contributed by atoms with van der Waals surface area (Å²) < 4.78 is 5.01. The third-order valence-corrected chi connectivity index (χ3v) is 2.20. The molecule has 1 heterocycles. The highest BCUT2D eigenvalue weighted by Gasteiger charge is 2.05. The summed E-state index contributed by atoms with van der Waals surface area (Å²) in [6.07, 6.45) is 0.936. The molecule has 3 N–H and O–H groups in total. The molecule has 1 aromatic heterocycles. The fraction of sp³-hybridized carbons (Fsp3) is 0.545. The lowest BCUT2D eigenvalue weighted by Gasteiger charge is -2.15. The Bertz CT molecular complexity index is 315. The molecular formula is C11H19N3O. The first-order valence-electron chi connectivity index (χ1n) is 5.12. The van der Waals surface area contributed by atoms with Gasteiger partial charge < -0.3 is 15.8 Å². The first kappa shape index (κ1) is 11.8. The van der Waals surface area contributed by atoms with E-state index in [0.717, 1.165) is 24.5 Å². The van der Waals surface area contributed by atoms with Crippen LogP contribution in [0.2, 0.25) is 0 Å². The number of nitrogens with one attached hydrogen (secondary N) is 1. The summed E-state index contributed by atoms with van der Waals surface area (Å²) in [5, 5.41) is 3.27. The number of anilines is 2. The van der Waals surface area contributed by atoms with Crippen LogP contribution in [0.1, 0.15) is 19.0 Å². The third kappa shape index (κ3) is 3.75. The van der Waals surface area contributed by atoms with Crippen molar-refractivity contribution < 1.29 is 4.74 Å². The number of ether oxygens (including phenoxy) is 1. The molecule has 4 heteroatoms. The minimum atomic E-state index is 0.307. The molecule has 0 radical (unpaired) electrons. The van der Waals surface area contributed by atoms with Gasteiger partial charge in [-0.1, -0.05) is 0 Å². The number of methoxy groups -OCH3 is 1. The number of pyridine rings is 1. The molecule has 0 spiro atoms. The molecule has 0 saturated heterocycles. The van der Waals surface area contributed by atoms with E-state index in [1.807, 2.05) is 19.1 Å². The Morgan fingerprint density at radius 2 is 2.27 bits per heavy atom. The highest BCUT2D eigenvalue weighted by molar-refractivity contribution is 5.61. The summed E-state index contributed by atoms with van der Waals surface area (Å²) in [6.45, 7) is 4.77. The normalized spacial score (nSPS) is 12.5. The Balaban J connectivity index is 2.59. The molecule has 1 unspecified atom stereocenters. The molecule has 0 amide bonds. The summed E-state index contributed by atoms with van der Waals surface area (Å²) in [4.78, 5) is 4.34. The van der Waals surface area contributed by atoms with Gasteiger partial charge in [-0.05, 0) is 32.4 Å². The molecule has 1 rings (SSSR count). The zero-order valence-electron chi connectivity index (χ0n) is 9.58. The number of rotatable bonds is 5. The van der Waals surface area contributed by atoms with Crippen molar-refractivity contribution in [2.24, 2.45) is 0 Å². The zero-order valence-corrected chi connectivity index (χ0v) is 9.58. The Morgan fingerprint density at radius 1 is 1.53 bits per heavy atom. The summed E-state index contributed by atoms with van der Waals surface area (Å²) in [7, 11) is 1.70. The van der Waals surface area contributed by atoms with E-state index in [1.165, 1.54) is 0 Å². The predicted octanol–water partition coefficient (Wildman–Crippen LogP) is 1.81. The van der Waals surface area contributed by atoms with Crippen molar-refractivity contribution in [2.75, 3.05) is 24.8 Å². The van der Waals surface area contributed by atoms with Gasteiger partial charge >= 0.3 is 0 Å². The number of nitrogen functional groups attached to an aromatic ring is 1. The molecule has 0 aromatic carbocycles. The van der Waals surface area contributed by atoms with Gasteiger partial charge in [0.15, 0.2) is 0 Å². The third-order valence-electron chi connectivity index (χ3n) is 2.20. The average Bonchev–Trinajstić information content (AvgIpc) is 2.20. The fourth-order valence-corrected chi connectivity index (χ4v) is 1.28. The molecule has 0 saturated carbocycles. The van der Waals surface area contributed by atoms with Crippen LogP contribution in [0, 0.1) is 6.92 Å². The van der Waals surface area contributed by atoms with Gasteiger partial charge in [0, 0.05) is 25.5 Å². The number of hydrogen-bond donors (Lipinski definition) is 2. The quantitative estimate of drug-likeness (QED) is 0.776. The van der Waals surface area contributed by atoms with Crippen molar-refractivity contribution in [3.8, 4) is 0 Å². The minimum absolute atomic E-state index is 0.307. The molecule has 0 aliphatic carbocycles. The largest absolute Gasteiger partial charge is 0.396 e. The van der Waals surface area contributed by atoms with E-state index < -0.39 is 0 Å². The zero-order chi connectivity index (χ0) is 11.3. The Kier molecular flexibility index (Phi) is 4.37. The van der Waals surface area contributed by atoms with Gasteiger partial charge in [-0.3, -0.25) is 0 Å². The number of nitrogens with two attached hydrogens (primary N) is 1. The van der Waals surface area contributed by atoms with Crippen molar-refractivity contribution in [1.82, 2.24) is 4.98 Å². The van der Waals surface area contributed by atoms with Crippen molar-refractivity contribution in [3.63, 3.8) is 0 Å². The van der Waals surface area contributed by atoms with E-state index >= 15 is 0 Å². The molecule has 0 bridgehead atoms. The molecule has 0 aliphatic rings. The molecule has 4 nitrogen and oxygen atoms in total. The second-order valence-electron chi connectivity index (χ2n) is 3.72. The molecule has 0 aliphatic heterocycles. The van der Waals surface area contributed by atoms with E-state index in [9.17, 15) is 0 Å². The molecule has 1 atom stereocenters. The molecule has 0 fully saturated rings. The summed E-state index contributed by atoms with van der Waals surface area (Å²) in [6, 6.07) is 4.08. The van der Waals surface area contributed by atoms with Gasteiger partial charge in [0.25, 0.3) is 0 Å². The highest BCUT2D eigenvalue weighted by atomic mass is 16.5. The van der Waals surface area contributed by atoms with E-state index in [1.54, 1.807) is 7.11 Å². The maximum atomic E-state index is 5.81. The summed E-state index contributed by atoms with van der Waals surface area (Å²) >= 11 is 0. The number of hydrogen-bond acceptors (Lipinski definition) is 4. The summed E-state index contributed by atoms with van der Waals surface area (Å²) in [5.74, 6) is 0.763. The number of aromatic nitrogens is 1. The van der Waals surface area contributed by atoms with Crippen LogP contribution in [-0.2, 0) is 4.74 Å². The number of nitrogens with zero attached hydrogens (tertiary/aromatic N) is 1. The van der Waals surface area contributed by atoms with Gasteiger partial charge in [-0.15, -0.1) is 0 Å². The van der Waals surface area contributed by atoms with Crippen molar-refractivity contribution >= 4 is 11.5 Å². The lowest BCUT2D eigenvalue weighted by atomic mass is 10.2. The van der Waals surface area contributed by atoms with Crippen molar-refractivity contribution in [1.29, 1.82) is 0 Å². The van der Waals surface area contributed by atoms with Gasteiger partial charge in [0.05, 0.1) is 5.69 Å². The van der Waals surface area contributed by atoms with Crippen LogP contribution < -0.4 is 11.1 Å². The van der Waals surface area contributed by atoms with Gasteiger partial charge in [0.1, 0.15) is 5.82 Å². The highest BCUT2D eigenvalue weighted by Crippen LogP contribution is 2.16. The van der Waals surface area contributed by atoms with Gasteiger partial charge in [-0.25, -0.2) is 4.98 Å². The van der Waals surface area contributed by atoms with E-state index in [2.05, 4.69) is 17.2 Å². The standard InChI is InChI=1S/C11H19N3O/c1-8-4-5-10(12)11(13-8)14-9(2)6-7-15-3/h4-5,9H,6-7,12H2,1-3H3,(H,13,14). The van der Waals surface area contributed by atoms with Crippen LogP contribution in [0.5, 0.6) is 0 Å².